The van der Waals surface area contributed by atoms with E-state index in [0.29, 0.717) is 12.2 Å². The molecule has 4 rings (SSSR count). The molecule has 1 aromatic heterocycles. The van der Waals surface area contributed by atoms with E-state index in [0.717, 1.165) is 45.6 Å². The molecule has 3 aromatic carbocycles. The minimum Gasteiger partial charge on any atom is -0.493 e. The van der Waals surface area contributed by atoms with Crippen LogP contribution in [0.5, 0.6) is 5.75 Å². The van der Waals surface area contributed by atoms with Crippen LogP contribution in [0.15, 0.2) is 71.2 Å². The lowest BCUT2D eigenvalue weighted by Crippen LogP contribution is -2.28. The predicted molar refractivity (Wildman–Crippen MR) is 136 cm³/mol. The number of hydrogen-bond acceptors (Lipinski definition) is 3. The maximum Gasteiger partial charge on any atom is 0.251 e. The summed E-state index contributed by atoms with van der Waals surface area (Å²) in [7, 11) is 0. The second kappa shape index (κ2) is 10.2. The van der Waals surface area contributed by atoms with Gasteiger partial charge in [-0.05, 0) is 74.7 Å². The zero-order valence-corrected chi connectivity index (χ0v) is 20.7. The zero-order chi connectivity index (χ0) is 23.4. The van der Waals surface area contributed by atoms with Crippen LogP contribution in [0.2, 0.25) is 0 Å². The Labute approximate surface area is 202 Å². The third-order valence-corrected chi connectivity index (χ3v) is 6.13. The molecule has 1 amide bonds. The number of benzene rings is 3. The monoisotopic (exact) mass is 505 g/mol. The van der Waals surface area contributed by atoms with Crippen LogP contribution >= 0.6 is 15.9 Å². The van der Waals surface area contributed by atoms with Gasteiger partial charge in [-0.25, -0.2) is 4.98 Å². The average Bonchev–Trinajstić information content (AvgIpc) is 3.17. The Morgan fingerprint density at radius 2 is 1.91 bits per heavy atom. The lowest BCUT2D eigenvalue weighted by atomic mass is 10.1. The summed E-state index contributed by atoms with van der Waals surface area (Å²) in [5.41, 5.74) is 4.92. The van der Waals surface area contributed by atoms with Crippen LogP contribution < -0.4 is 10.1 Å². The second-order valence-corrected chi connectivity index (χ2v) is 9.20. The first-order valence-electron chi connectivity index (χ1n) is 11.1. The van der Waals surface area contributed by atoms with E-state index in [4.69, 9.17) is 9.72 Å². The number of halogens is 1. The molecule has 0 aliphatic rings. The second-order valence-electron chi connectivity index (χ2n) is 8.29. The first-order chi connectivity index (χ1) is 15.9. The van der Waals surface area contributed by atoms with Crippen molar-refractivity contribution in [2.45, 2.75) is 39.8 Å². The minimum atomic E-state index is -0.246. The third-order valence-electron chi connectivity index (χ3n) is 5.63. The van der Waals surface area contributed by atoms with E-state index < -0.39 is 0 Å². The number of nitrogens with zero attached hydrogens (tertiary/aromatic N) is 2. The number of ether oxygens (including phenoxy) is 1. The predicted octanol–water partition coefficient (Wildman–Crippen LogP) is 6.38. The Morgan fingerprint density at radius 1 is 1.09 bits per heavy atom. The molecule has 0 fully saturated rings. The van der Waals surface area contributed by atoms with Crippen molar-refractivity contribution in [3.8, 4) is 5.75 Å². The van der Waals surface area contributed by atoms with Gasteiger partial charge in [0.1, 0.15) is 11.6 Å². The molecular formula is C27H28BrN3O2. The van der Waals surface area contributed by atoms with Gasteiger partial charge in [-0.1, -0.05) is 46.3 Å². The van der Waals surface area contributed by atoms with Crippen molar-refractivity contribution in [3.05, 3.63) is 93.7 Å². The molecule has 0 aliphatic carbocycles. The van der Waals surface area contributed by atoms with Gasteiger partial charge in [0.2, 0.25) is 0 Å². The van der Waals surface area contributed by atoms with Crippen molar-refractivity contribution in [1.29, 1.82) is 0 Å². The van der Waals surface area contributed by atoms with Gasteiger partial charge >= 0.3 is 0 Å². The van der Waals surface area contributed by atoms with E-state index in [9.17, 15) is 4.79 Å². The number of aromatic nitrogens is 2. The SMILES string of the molecule is Cc1ccc(C)c(OCCCn2c(C(C)NC(=O)c3cccc(Br)c3)nc3ccccc32)c1. The number of nitrogens with one attached hydrogen (secondary N) is 1. The van der Waals surface area contributed by atoms with Gasteiger partial charge in [0.05, 0.1) is 23.7 Å². The minimum absolute atomic E-state index is 0.124. The number of aryl methyl sites for hydroxylation is 3. The highest BCUT2D eigenvalue weighted by Crippen LogP contribution is 2.23. The molecule has 4 aromatic rings. The van der Waals surface area contributed by atoms with Gasteiger partial charge in [0, 0.05) is 16.6 Å². The highest BCUT2D eigenvalue weighted by atomic mass is 79.9. The van der Waals surface area contributed by atoms with E-state index in [1.165, 1.54) is 5.56 Å². The molecular weight excluding hydrogens is 478 g/mol. The Kier molecular flexibility index (Phi) is 7.14. The van der Waals surface area contributed by atoms with Crippen molar-refractivity contribution < 1.29 is 9.53 Å². The van der Waals surface area contributed by atoms with Crippen molar-refractivity contribution in [3.63, 3.8) is 0 Å². The highest BCUT2D eigenvalue weighted by Gasteiger charge is 2.19. The molecule has 0 radical (unpaired) electrons. The Morgan fingerprint density at radius 3 is 2.73 bits per heavy atom. The summed E-state index contributed by atoms with van der Waals surface area (Å²) >= 11 is 3.43. The summed E-state index contributed by atoms with van der Waals surface area (Å²) in [5.74, 6) is 1.65. The molecule has 1 atom stereocenters. The fourth-order valence-corrected chi connectivity index (χ4v) is 4.30. The van der Waals surface area contributed by atoms with E-state index in [1.807, 2.05) is 43.3 Å². The van der Waals surface area contributed by atoms with E-state index in [-0.39, 0.29) is 11.9 Å². The van der Waals surface area contributed by atoms with Gasteiger partial charge in [-0.2, -0.15) is 0 Å². The average molecular weight is 506 g/mol. The Hall–Kier alpha value is -3.12. The molecule has 33 heavy (non-hydrogen) atoms. The molecule has 1 unspecified atom stereocenters. The number of fused-ring (bicyclic) bond motifs is 1. The van der Waals surface area contributed by atoms with E-state index in [2.05, 4.69) is 63.9 Å². The molecule has 0 saturated carbocycles. The molecule has 6 heteroatoms. The molecule has 0 saturated heterocycles. The Balaban J connectivity index is 1.49. The zero-order valence-electron chi connectivity index (χ0n) is 19.1. The van der Waals surface area contributed by atoms with Crippen LogP contribution in [0, 0.1) is 13.8 Å². The molecule has 0 spiro atoms. The summed E-state index contributed by atoms with van der Waals surface area (Å²) in [5, 5.41) is 3.10. The lowest BCUT2D eigenvalue weighted by Gasteiger charge is -2.17. The van der Waals surface area contributed by atoms with E-state index in [1.54, 1.807) is 6.07 Å². The summed E-state index contributed by atoms with van der Waals surface area (Å²) in [6.45, 7) is 7.46. The van der Waals surface area contributed by atoms with Gasteiger partial charge in [0.15, 0.2) is 0 Å². The third kappa shape index (κ3) is 5.45. The molecule has 170 valence electrons. The largest absolute Gasteiger partial charge is 0.493 e. The van der Waals surface area contributed by atoms with E-state index >= 15 is 0 Å². The van der Waals surface area contributed by atoms with Crippen LogP contribution in [0.1, 0.15) is 46.7 Å². The fraction of sp³-hybridized carbons (Fsp3) is 0.259. The molecule has 0 aliphatic heterocycles. The van der Waals surface area contributed by atoms with Crippen molar-refractivity contribution in [2.75, 3.05) is 6.61 Å². The number of carbonyl (C=O) groups is 1. The molecule has 5 nitrogen and oxygen atoms in total. The molecule has 0 bridgehead atoms. The number of imidazole rings is 1. The molecule has 1 heterocycles. The first-order valence-corrected chi connectivity index (χ1v) is 11.9. The summed E-state index contributed by atoms with van der Waals surface area (Å²) in [6.07, 6.45) is 0.826. The van der Waals surface area contributed by atoms with Crippen LogP contribution in [-0.4, -0.2) is 22.1 Å². The fourth-order valence-electron chi connectivity index (χ4n) is 3.90. The van der Waals surface area contributed by atoms with Gasteiger partial charge < -0.3 is 14.6 Å². The normalized spacial score (nSPS) is 12.0. The van der Waals surface area contributed by atoms with Crippen LogP contribution in [0.25, 0.3) is 11.0 Å². The number of amides is 1. The quantitative estimate of drug-likeness (QED) is 0.283. The highest BCUT2D eigenvalue weighted by molar-refractivity contribution is 9.10. The van der Waals surface area contributed by atoms with Crippen molar-refractivity contribution in [2.24, 2.45) is 0 Å². The summed E-state index contributed by atoms with van der Waals surface area (Å²) in [4.78, 5) is 17.6. The maximum absolute atomic E-state index is 12.8. The maximum atomic E-state index is 12.8. The van der Waals surface area contributed by atoms with Gasteiger partial charge in [-0.15, -0.1) is 0 Å². The standard InChI is InChI=1S/C27H28BrN3O2/c1-18-12-13-19(2)25(16-18)33-15-7-14-31-24-11-5-4-10-23(24)30-26(31)20(3)29-27(32)21-8-6-9-22(28)17-21/h4-6,8-13,16-17,20H,7,14-15H2,1-3H3,(H,29,32). The topological polar surface area (TPSA) is 56.1 Å². The smallest absolute Gasteiger partial charge is 0.251 e. The van der Waals surface area contributed by atoms with Gasteiger partial charge in [-0.3, -0.25) is 4.79 Å². The summed E-state index contributed by atoms with van der Waals surface area (Å²) < 4.78 is 9.12. The van der Waals surface area contributed by atoms with Crippen LogP contribution in [0.3, 0.4) is 0 Å². The van der Waals surface area contributed by atoms with Crippen molar-refractivity contribution >= 4 is 32.9 Å². The Bertz CT molecular complexity index is 1280. The summed E-state index contributed by atoms with van der Waals surface area (Å²) in [6, 6.07) is 21.5. The van der Waals surface area contributed by atoms with Gasteiger partial charge in [0.25, 0.3) is 5.91 Å². The number of carbonyl (C=O) groups excluding carboxylic acids is 1. The van der Waals surface area contributed by atoms with Crippen LogP contribution in [-0.2, 0) is 6.54 Å². The number of para-hydroxylation sites is 2. The first kappa shape index (κ1) is 23.1. The van der Waals surface area contributed by atoms with Crippen LogP contribution in [0.4, 0.5) is 0 Å². The number of rotatable bonds is 8. The number of hydrogen-bond donors (Lipinski definition) is 1. The molecule has 1 N–H and O–H groups in total. The van der Waals surface area contributed by atoms with Crippen molar-refractivity contribution in [1.82, 2.24) is 14.9 Å². The lowest BCUT2D eigenvalue weighted by molar-refractivity contribution is 0.0937.